The van der Waals surface area contributed by atoms with Crippen LogP contribution >= 0.6 is 0 Å². The van der Waals surface area contributed by atoms with Crippen molar-refractivity contribution in [3.05, 3.63) is 58.9 Å². The van der Waals surface area contributed by atoms with Crippen LogP contribution in [0.1, 0.15) is 23.7 Å². The number of amides is 1. The van der Waals surface area contributed by atoms with Gasteiger partial charge in [-0.1, -0.05) is 13.0 Å². The molecule has 0 spiro atoms. The van der Waals surface area contributed by atoms with E-state index >= 15 is 0 Å². The normalized spacial score (nSPS) is 15.3. The Hall–Kier alpha value is -3.65. The van der Waals surface area contributed by atoms with Crippen LogP contribution in [0.25, 0.3) is 39.3 Å². The van der Waals surface area contributed by atoms with E-state index in [2.05, 4.69) is 21.9 Å². The number of aromatic amines is 1. The highest BCUT2D eigenvalue weighted by atomic mass is 16.2. The van der Waals surface area contributed by atoms with E-state index in [1.165, 1.54) is 0 Å². The Kier molecular flexibility index (Phi) is 5.38. The number of H-pyrrole nitrogens is 1. The van der Waals surface area contributed by atoms with E-state index in [0.29, 0.717) is 24.2 Å². The van der Waals surface area contributed by atoms with Gasteiger partial charge in [-0.05, 0) is 31.7 Å². The molecule has 170 valence electrons. The van der Waals surface area contributed by atoms with E-state index in [0.717, 1.165) is 47.1 Å². The summed E-state index contributed by atoms with van der Waals surface area (Å²) in [7, 11) is 4.01. The topological polar surface area (TPSA) is 79.2 Å². The lowest BCUT2D eigenvalue weighted by Crippen LogP contribution is -2.47. The van der Waals surface area contributed by atoms with E-state index < -0.39 is 0 Å². The average molecular weight is 445 g/mol. The minimum absolute atomic E-state index is 0.0250. The summed E-state index contributed by atoms with van der Waals surface area (Å²) in [5.74, 6) is 0.0250. The van der Waals surface area contributed by atoms with Crippen molar-refractivity contribution < 1.29 is 4.79 Å². The number of carbonyl (C=O) groups excluding carboxylic acids is 1. The summed E-state index contributed by atoms with van der Waals surface area (Å²) in [6, 6.07) is 5.76. The van der Waals surface area contributed by atoms with Gasteiger partial charge in [-0.2, -0.15) is 0 Å². The second-order valence-electron chi connectivity index (χ2n) is 8.66. The zero-order chi connectivity index (χ0) is 23.1. The fourth-order valence-electron chi connectivity index (χ4n) is 4.46. The summed E-state index contributed by atoms with van der Waals surface area (Å²) in [6.07, 6.45) is 9.95. The number of nitrogens with one attached hydrogen (secondary N) is 1. The molecule has 0 unspecified atom stereocenters. The molecule has 8 heteroatoms. The Bertz CT molecular complexity index is 1430. The number of imidazole rings is 1. The van der Waals surface area contributed by atoms with Gasteiger partial charge in [0, 0.05) is 73.9 Å². The highest BCUT2D eigenvalue weighted by Gasteiger charge is 2.23. The van der Waals surface area contributed by atoms with Crippen LogP contribution in [-0.2, 0) is 7.05 Å². The lowest BCUT2D eigenvalue weighted by molar-refractivity contribution is 0.0664. The van der Waals surface area contributed by atoms with Crippen LogP contribution in [0.2, 0.25) is 0 Å². The standard InChI is InChI=1S/C25H28N6O2/c1-4-5-8-31-15-20(18-6-7-26-23(18)25(31)33)19-13-17(14-21-22(19)27-16-29(21)3)24(32)30-11-9-28(2)10-12-30/h5-8,13-16,26H,4,9-12H2,1-3H3/b8-5+. The maximum Gasteiger partial charge on any atom is 0.278 e. The van der Waals surface area contributed by atoms with Crippen LogP contribution in [0.15, 0.2) is 47.8 Å². The molecule has 0 saturated carbocycles. The Balaban J connectivity index is 1.72. The highest BCUT2D eigenvalue weighted by Crippen LogP contribution is 2.33. The average Bonchev–Trinajstić information content (AvgIpc) is 3.46. The third-order valence-corrected chi connectivity index (χ3v) is 6.41. The van der Waals surface area contributed by atoms with Gasteiger partial charge in [0.2, 0.25) is 0 Å². The van der Waals surface area contributed by atoms with Gasteiger partial charge in [-0.25, -0.2) is 4.98 Å². The first-order valence-corrected chi connectivity index (χ1v) is 11.3. The summed E-state index contributed by atoms with van der Waals surface area (Å²) in [6.45, 7) is 5.18. The van der Waals surface area contributed by atoms with Crippen molar-refractivity contribution in [2.24, 2.45) is 7.05 Å². The molecule has 1 saturated heterocycles. The molecule has 4 aromatic rings. The number of fused-ring (bicyclic) bond motifs is 2. The van der Waals surface area contributed by atoms with Crippen molar-refractivity contribution in [2.75, 3.05) is 33.2 Å². The molecule has 1 amide bonds. The number of pyridine rings is 1. The molecule has 5 rings (SSSR count). The molecule has 1 aromatic carbocycles. The lowest BCUT2D eigenvalue weighted by Gasteiger charge is -2.32. The largest absolute Gasteiger partial charge is 0.357 e. The van der Waals surface area contributed by atoms with Crippen molar-refractivity contribution in [2.45, 2.75) is 13.3 Å². The van der Waals surface area contributed by atoms with Gasteiger partial charge in [0.1, 0.15) is 5.52 Å². The number of allylic oxidation sites excluding steroid dienone is 1. The number of likely N-dealkylation sites (N-methyl/N-ethyl adjacent to an activating group) is 1. The molecule has 8 nitrogen and oxygen atoms in total. The molecule has 1 aliphatic rings. The zero-order valence-electron chi connectivity index (χ0n) is 19.2. The fraction of sp³-hybridized carbons (Fsp3) is 0.320. The van der Waals surface area contributed by atoms with Gasteiger partial charge in [0.25, 0.3) is 11.5 Å². The third-order valence-electron chi connectivity index (χ3n) is 6.41. The fourth-order valence-corrected chi connectivity index (χ4v) is 4.46. The Labute approximate surface area is 191 Å². The number of carbonyl (C=O) groups is 1. The van der Waals surface area contributed by atoms with Gasteiger partial charge < -0.3 is 19.4 Å². The SMILES string of the molecule is CC/C=C/n1cc(-c2cc(C(=O)N3CCN(C)CC3)cc3c2ncn3C)c2cc[nH]c2c1=O. The minimum atomic E-state index is -0.106. The van der Waals surface area contributed by atoms with Crippen LogP contribution in [0.3, 0.4) is 0 Å². The van der Waals surface area contributed by atoms with Crippen LogP contribution in [0, 0.1) is 0 Å². The van der Waals surface area contributed by atoms with Crippen LogP contribution in [0.5, 0.6) is 0 Å². The highest BCUT2D eigenvalue weighted by molar-refractivity contribution is 6.06. The number of piperazine rings is 1. The predicted molar refractivity (Wildman–Crippen MR) is 131 cm³/mol. The number of hydrogen-bond donors (Lipinski definition) is 1. The number of nitrogens with zero attached hydrogens (tertiary/aromatic N) is 5. The van der Waals surface area contributed by atoms with Crippen molar-refractivity contribution >= 4 is 34.0 Å². The molecule has 0 bridgehead atoms. The molecular weight excluding hydrogens is 416 g/mol. The van der Waals surface area contributed by atoms with E-state index in [1.807, 2.05) is 53.9 Å². The molecule has 0 radical (unpaired) electrons. The second-order valence-corrected chi connectivity index (χ2v) is 8.66. The number of rotatable bonds is 4. The Morgan fingerprint density at radius 3 is 2.70 bits per heavy atom. The van der Waals surface area contributed by atoms with E-state index in [-0.39, 0.29) is 11.5 Å². The summed E-state index contributed by atoms with van der Waals surface area (Å²) in [5, 5.41) is 0.817. The summed E-state index contributed by atoms with van der Waals surface area (Å²) < 4.78 is 3.53. The third kappa shape index (κ3) is 3.66. The Morgan fingerprint density at radius 2 is 1.94 bits per heavy atom. The molecule has 0 atom stereocenters. The quantitative estimate of drug-likeness (QED) is 0.525. The maximum absolute atomic E-state index is 13.4. The first kappa shape index (κ1) is 21.2. The Morgan fingerprint density at radius 1 is 1.15 bits per heavy atom. The van der Waals surface area contributed by atoms with Gasteiger partial charge in [0.05, 0.1) is 17.4 Å². The molecule has 33 heavy (non-hydrogen) atoms. The summed E-state index contributed by atoms with van der Waals surface area (Å²) in [4.78, 5) is 38.3. The van der Waals surface area contributed by atoms with Gasteiger partial charge >= 0.3 is 0 Å². The van der Waals surface area contributed by atoms with Crippen LogP contribution in [0.4, 0.5) is 0 Å². The maximum atomic E-state index is 13.4. The molecule has 4 heterocycles. The number of hydrogen-bond acceptors (Lipinski definition) is 4. The molecule has 0 aliphatic carbocycles. The lowest BCUT2D eigenvalue weighted by atomic mass is 9.99. The number of benzene rings is 1. The second kappa shape index (κ2) is 8.37. The first-order chi connectivity index (χ1) is 16.0. The van der Waals surface area contributed by atoms with Crippen LogP contribution < -0.4 is 5.56 Å². The summed E-state index contributed by atoms with van der Waals surface area (Å²) >= 11 is 0. The molecular formula is C25H28N6O2. The van der Waals surface area contributed by atoms with Crippen molar-refractivity contribution in [3.8, 4) is 11.1 Å². The zero-order valence-corrected chi connectivity index (χ0v) is 19.2. The van der Waals surface area contributed by atoms with Crippen molar-refractivity contribution in [1.29, 1.82) is 0 Å². The number of aromatic nitrogens is 4. The van der Waals surface area contributed by atoms with Gasteiger partial charge in [-0.15, -0.1) is 0 Å². The molecule has 3 aromatic heterocycles. The summed E-state index contributed by atoms with van der Waals surface area (Å²) in [5.41, 5.74) is 4.46. The van der Waals surface area contributed by atoms with E-state index in [9.17, 15) is 9.59 Å². The van der Waals surface area contributed by atoms with Crippen molar-refractivity contribution in [1.82, 2.24) is 28.9 Å². The first-order valence-electron chi connectivity index (χ1n) is 11.3. The van der Waals surface area contributed by atoms with Gasteiger partial charge in [-0.3, -0.25) is 14.2 Å². The molecule has 1 N–H and O–H groups in total. The molecule has 1 aliphatic heterocycles. The number of aryl methyl sites for hydroxylation is 1. The van der Waals surface area contributed by atoms with E-state index in [4.69, 9.17) is 0 Å². The predicted octanol–water partition coefficient (Wildman–Crippen LogP) is 3.15. The van der Waals surface area contributed by atoms with E-state index in [1.54, 1.807) is 23.3 Å². The van der Waals surface area contributed by atoms with Crippen molar-refractivity contribution in [3.63, 3.8) is 0 Å². The van der Waals surface area contributed by atoms with Gasteiger partial charge in [0.15, 0.2) is 0 Å². The smallest absolute Gasteiger partial charge is 0.278 e. The monoisotopic (exact) mass is 444 g/mol. The van der Waals surface area contributed by atoms with Crippen LogP contribution in [-0.4, -0.2) is 68.0 Å². The minimum Gasteiger partial charge on any atom is -0.357 e. The molecule has 1 fully saturated rings.